The summed E-state index contributed by atoms with van der Waals surface area (Å²) < 4.78 is 0. The standard InChI is InChI=1S/4C3H8.4C2H6.4CH4.4CH3.Pt/c4*1-3-2;4*1-2;;;;;;;;;/h4*3H2,1-2H3;4*1-2H3;4*1H4;4*1H3;/q;;;;;;;;;;;;4*-1;+4. The van der Waals surface area contributed by atoms with Crippen molar-refractivity contribution in [2.75, 3.05) is 0 Å². The molecule has 0 bridgehead atoms. The van der Waals surface area contributed by atoms with Crippen LogP contribution >= 0.6 is 0 Å². The van der Waals surface area contributed by atoms with Crippen LogP contribution in [0.1, 0.15) is 166 Å². The fourth-order valence-electron chi connectivity index (χ4n) is 0. The van der Waals surface area contributed by atoms with E-state index in [9.17, 15) is 0 Å². The van der Waals surface area contributed by atoms with Crippen LogP contribution in [0.3, 0.4) is 0 Å². The molecule has 0 N–H and O–H groups in total. The van der Waals surface area contributed by atoms with E-state index >= 15 is 0 Å². The maximum Gasteiger partial charge on any atom is 4.00 e. The predicted octanol–water partition coefficient (Wildman–Crippen LogP) is 14.1. The van der Waals surface area contributed by atoms with Gasteiger partial charge in [0.15, 0.2) is 0 Å². The number of hydrogen-bond acceptors (Lipinski definition) is 0. The normalized spacial score (nSPS) is 3.31. The topological polar surface area (TPSA) is 0 Å². The zero-order valence-electron chi connectivity index (χ0n) is 23.1. The molecule has 0 fully saturated rings. The molecule has 206 valence electrons. The van der Waals surface area contributed by atoms with E-state index in [2.05, 4.69) is 55.4 Å². The molecule has 0 aromatic rings. The van der Waals surface area contributed by atoms with Gasteiger partial charge in [-0.2, -0.15) is 0 Å². The summed E-state index contributed by atoms with van der Waals surface area (Å²) in [7, 11) is 0. The van der Waals surface area contributed by atoms with Gasteiger partial charge in [-0.3, -0.25) is 0 Å². The predicted molar refractivity (Wildman–Crippen MR) is 162 cm³/mol. The van der Waals surface area contributed by atoms with Gasteiger partial charge in [0.2, 0.25) is 0 Å². The van der Waals surface area contributed by atoms with Gasteiger partial charge in [0.1, 0.15) is 0 Å². The summed E-state index contributed by atoms with van der Waals surface area (Å²) in [6.07, 6.45) is 5.00. The van der Waals surface area contributed by atoms with Gasteiger partial charge in [-0.1, -0.05) is 166 Å². The quantitative estimate of drug-likeness (QED) is 0.238. The number of rotatable bonds is 0. The zero-order valence-corrected chi connectivity index (χ0v) is 25.4. The number of hydrogen-bond donors (Lipinski definition) is 0. The Morgan fingerprint density at radius 2 is 0.276 bits per heavy atom. The molecule has 0 spiro atoms. The summed E-state index contributed by atoms with van der Waals surface area (Å²) in [5, 5.41) is 0. The Labute approximate surface area is 216 Å². The Morgan fingerprint density at radius 1 is 0.276 bits per heavy atom. The van der Waals surface area contributed by atoms with Gasteiger partial charge < -0.3 is 29.7 Å². The first kappa shape index (κ1) is 152. The summed E-state index contributed by atoms with van der Waals surface area (Å²) in [5.41, 5.74) is 0. The molecule has 0 aliphatic heterocycles. The second kappa shape index (κ2) is 1000. The molecule has 0 radical (unpaired) electrons. The van der Waals surface area contributed by atoms with Crippen LogP contribution in [0, 0.1) is 29.7 Å². The minimum atomic E-state index is 0. The molecule has 0 unspecified atom stereocenters. The molecule has 0 aromatic carbocycles. The molecular formula is C28H84Pt. The van der Waals surface area contributed by atoms with Crippen LogP contribution in [-0.2, 0) is 21.1 Å². The molecule has 0 aliphatic rings. The molecule has 0 rings (SSSR count). The van der Waals surface area contributed by atoms with Crippen LogP contribution in [0.5, 0.6) is 0 Å². The van der Waals surface area contributed by atoms with Crippen molar-refractivity contribution in [1.82, 2.24) is 0 Å². The summed E-state index contributed by atoms with van der Waals surface area (Å²) in [6.45, 7) is 33.0. The van der Waals surface area contributed by atoms with Crippen LogP contribution < -0.4 is 0 Å². The van der Waals surface area contributed by atoms with Crippen LogP contribution in [0.2, 0.25) is 0 Å². The summed E-state index contributed by atoms with van der Waals surface area (Å²) in [4.78, 5) is 0. The van der Waals surface area contributed by atoms with Gasteiger partial charge in [-0.05, 0) is 0 Å². The van der Waals surface area contributed by atoms with Crippen molar-refractivity contribution in [3.05, 3.63) is 29.7 Å². The molecule has 1 heteroatoms. The van der Waals surface area contributed by atoms with Crippen LogP contribution in [0.15, 0.2) is 0 Å². The molecule has 0 saturated carbocycles. The van der Waals surface area contributed by atoms with E-state index in [4.69, 9.17) is 0 Å². The van der Waals surface area contributed by atoms with Crippen molar-refractivity contribution in [3.63, 3.8) is 0 Å². The minimum Gasteiger partial charge on any atom is -0.358 e. The second-order valence-corrected chi connectivity index (χ2v) is 2.83. The van der Waals surface area contributed by atoms with Crippen molar-refractivity contribution >= 4 is 0 Å². The van der Waals surface area contributed by atoms with E-state index in [0.717, 1.165) is 0 Å². The Bertz CT molecular complexity index is 14.3. The molecule has 0 aliphatic carbocycles. The summed E-state index contributed by atoms with van der Waals surface area (Å²) >= 11 is 0. The van der Waals surface area contributed by atoms with Gasteiger partial charge in [-0.15, -0.1) is 0 Å². The molecule has 0 aromatic heterocycles. The van der Waals surface area contributed by atoms with Gasteiger partial charge in [0, 0.05) is 0 Å². The SMILES string of the molecule is C.C.C.C.CC.CC.CC.CC.CCC.CCC.CCC.CCC.[CH3-].[CH3-].[CH3-].[CH3-].[Pt+4]. The van der Waals surface area contributed by atoms with Crippen molar-refractivity contribution in [3.8, 4) is 0 Å². The minimum absolute atomic E-state index is 0. The molecule has 0 atom stereocenters. The smallest absolute Gasteiger partial charge is 0.358 e. The first-order valence-electron chi connectivity index (χ1n) is 9.66. The molecular weight excluding hydrogens is 531 g/mol. The van der Waals surface area contributed by atoms with E-state index < -0.39 is 0 Å². The Kier molecular flexibility index (Phi) is 5240. The van der Waals surface area contributed by atoms with Crippen LogP contribution in [0.25, 0.3) is 0 Å². The third kappa shape index (κ3) is 43100. The van der Waals surface area contributed by atoms with Crippen LogP contribution in [-0.4, -0.2) is 0 Å². The fourth-order valence-corrected chi connectivity index (χ4v) is 0. The monoisotopic (exact) mass is 616 g/mol. The Morgan fingerprint density at radius 3 is 0.276 bits per heavy atom. The zero-order chi connectivity index (χ0) is 18.8. The fraction of sp³-hybridized carbons (Fsp3) is 0.857. The Hall–Kier alpha value is 0.688. The molecule has 0 amide bonds. The maximum atomic E-state index is 2.12. The first-order chi connectivity index (χ1) is 9.66. The molecule has 0 nitrogen and oxygen atoms in total. The molecule has 0 heterocycles. The average molecular weight is 616 g/mol. The molecule has 29 heavy (non-hydrogen) atoms. The maximum absolute atomic E-state index is 2.12. The van der Waals surface area contributed by atoms with Crippen molar-refractivity contribution in [2.45, 2.75) is 166 Å². The average Bonchev–Trinajstić information content (AvgIpc) is 2.50. The van der Waals surface area contributed by atoms with E-state index in [1.807, 2.05) is 55.4 Å². The van der Waals surface area contributed by atoms with Crippen molar-refractivity contribution in [1.29, 1.82) is 0 Å². The first-order valence-corrected chi connectivity index (χ1v) is 9.66. The van der Waals surface area contributed by atoms with Gasteiger partial charge in [0.05, 0.1) is 0 Å². The summed E-state index contributed by atoms with van der Waals surface area (Å²) in [5.74, 6) is 0. The van der Waals surface area contributed by atoms with E-state index in [-0.39, 0.29) is 80.5 Å². The van der Waals surface area contributed by atoms with Crippen molar-refractivity contribution < 1.29 is 21.1 Å². The van der Waals surface area contributed by atoms with Gasteiger partial charge in [0.25, 0.3) is 0 Å². The van der Waals surface area contributed by atoms with E-state index in [1.54, 1.807) is 0 Å². The van der Waals surface area contributed by atoms with Crippen LogP contribution in [0.4, 0.5) is 0 Å². The second-order valence-electron chi connectivity index (χ2n) is 2.83. The third-order valence-electron chi connectivity index (χ3n) is 0. The van der Waals surface area contributed by atoms with Crippen molar-refractivity contribution in [2.24, 2.45) is 0 Å². The largest absolute Gasteiger partial charge is 4.00 e. The third-order valence-corrected chi connectivity index (χ3v) is 0. The summed E-state index contributed by atoms with van der Waals surface area (Å²) in [6, 6.07) is 0. The van der Waals surface area contributed by atoms with E-state index in [0.29, 0.717) is 0 Å². The van der Waals surface area contributed by atoms with Gasteiger partial charge in [-0.25, -0.2) is 0 Å². The Balaban J connectivity index is -0.00000000365. The van der Waals surface area contributed by atoms with Gasteiger partial charge >= 0.3 is 21.1 Å². The van der Waals surface area contributed by atoms with E-state index in [1.165, 1.54) is 25.7 Å². The molecule has 0 saturated heterocycles.